The second kappa shape index (κ2) is 5.05. The fourth-order valence-corrected chi connectivity index (χ4v) is 1.85. The zero-order valence-corrected chi connectivity index (χ0v) is 9.73. The van der Waals surface area contributed by atoms with E-state index in [1.807, 2.05) is 6.07 Å². The number of anilines is 2. The summed E-state index contributed by atoms with van der Waals surface area (Å²) in [5, 5.41) is 3.27. The van der Waals surface area contributed by atoms with Crippen LogP contribution in [0.15, 0.2) is 18.2 Å². The largest absolute Gasteiger partial charge is 0.465 e. The summed E-state index contributed by atoms with van der Waals surface area (Å²) in [7, 11) is 1.34. The van der Waals surface area contributed by atoms with Crippen molar-refractivity contribution in [3.63, 3.8) is 0 Å². The van der Waals surface area contributed by atoms with Gasteiger partial charge in [0.15, 0.2) is 0 Å². The number of ether oxygens (including phenoxy) is 2. The van der Waals surface area contributed by atoms with Crippen molar-refractivity contribution in [1.82, 2.24) is 0 Å². The number of hydrogen-bond donors (Lipinski definition) is 2. The standard InChI is InChI=1S/C12H16N2O3/c1-16-12(15)9-3-2-4-10(11(9)13)14-8-5-6-17-7-8/h2-4,8,14H,5-7,13H2,1H3. The second-order valence-corrected chi connectivity index (χ2v) is 3.96. The molecule has 1 aromatic rings. The van der Waals surface area contributed by atoms with Crippen molar-refractivity contribution in [2.45, 2.75) is 12.5 Å². The Bertz CT molecular complexity index is 414. The van der Waals surface area contributed by atoms with E-state index in [0.29, 0.717) is 17.9 Å². The van der Waals surface area contributed by atoms with Crippen molar-refractivity contribution in [3.8, 4) is 0 Å². The van der Waals surface area contributed by atoms with Crippen molar-refractivity contribution in [3.05, 3.63) is 23.8 Å². The van der Waals surface area contributed by atoms with E-state index < -0.39 is 5.97 Å². The minimum atomic E-state index is -0.422. The van der Waals surface area contributed by atoms with Crippen LogP contribution < -0.4 is 11.1 Å². The van der Waals surface area contributed by atoms with Gasteiger partial charge >= 0.3 is 5.97 Å². The monoisotopic (exact) mass is 236 g/mol. The van der Waals surface area contributed by atoms with Crippen LogP contribution in [0.4, 0.5) is 11.4 Å². The van der Waals surface area contributed by atoms with E-state index in [0.717, 1.165) is 18.7 Å². The van der Waals surface area contributed by atoms with Gasteiger partial charge in [-0.2, -0.15) is 0 Å². The van der Waals surface area contributed by atoms with E-state index in [1.165, 1.54) is 7.11 Å². The molecule has 0 amide bonds. The number of benzene rings is 1. The van der Waals surface area contributed by atoms with Crippen LogP contribution in [0.25, 0.3) is 0 Å². The van der Waals surface area contributed by atoms with Crippen LogP contribution in [0, 0.1) is 0 Å². The summed E-state index contributed by atoms with van der Waals surface area (Å²) in [6, 6.07) is 5.53. The molecule has 1 heterocycles. The molecule has 0 spiro atoms. The average Bonchev–Trinajstić information content (AvgIpc) is 2.84. The quantitative estimate of drug-likeness (QED) is 0.610. The Balaban J connectivity index is 2.19. The molecule has 0 saturated carbocycles. The predicted octanol–water partition coefficient (Wildman–Crippen LogP) is 1.26. The lowest BCUT2D eigenvalue weighted by atomic mass is 10.1. The third-order valence-corrected chi connectivity index (χ3v) is 2.80. The van der Waals surface area contributed by atoms with Crippen molar-refractivity contribution in [2.75, 3.05) is 31.4 Å². The lowest BCUT2D eigenvalue weighted by molar-refractivity contribution is 0.0602. The Morgan fingerprint density at radius 2 is 2.41 bits per heavy atom. The summed E-state index contributed by atoms with van der Waals surface area (Å²) < 4.78 is 9.94. The number of methoxy groups -OCH3 is 1. The van der Waals surface area contributed by atoms with Gasteiger partial charge in [-0.05, 0) is 18.6 Å². The van der Waals surface area contributed by atoms with Gasteiger partial charge in [0.25, 0.3) is 0 Å². The molecule has 0 aliphatic carbocycles. The molecule has 0 bridgehead atoms. The number of hydrogen-bond acceptors (Lipinski definition) is 5. The lowest BCUT2D eigenvalue weighted by Crippen LogP contribution is -2.20. The molecular weight excluding hydrogens is 220 g/mol. The van der Waals surface area contributed by atoms with E-state index in [4.69, 9.17) is 10.5 Å². The van der Waals surface area contributed by atoms with E-state index in [2.05, 4.69) is 10.1 Å². The molecule has 17 heavy (non-hydrogen) atoms. The third-order valence-electron chi connectivity index (χ3n) is 2.80. The summed E-state index contributed by atoms with van der Waals surface area (Å²) in [5.74, 6) is -0.422. The Hall–Kier alpha value is -1.75. The highest BCUT2D eigenvalue weighted by Gasteiger charge is 2.18. The fourth-order valence-electron chi connectivity index (χ4n) is 1.85. The highest BCUT2D eigenvalue weighted by Crippen LogP contribution is 2.25. The van der Waals surface area contributed by atoms with Gasteiger partial charge in [0.1, 0.15) is 0 Å². The predicted molar refractivity (Wildman–Crippen MR) is 65.0 cm³/mol. The first-order valence-corrected chi connectivity index (χ1v) is 5.53. The molecule has 5 heteroatoms. The average molecular weight is 236 g/mol. The molecular formula is C12H16N2O3. The number of carbonyl (C=O) groups is 1. The highest BCUT2D eigenvalue weighted by molar-refractivity contribution is 5.98. The van der Waals surface area contributed by atoms with Crippen molar-refractivity contribution in [2.24, 2.45) is 0 Å². The van der Waals surface area contributed by atoms with Gasteiger partial charge in [-0.15, -0.1) is 0 Å². The molecule has 1 unspecified atom stereocenters. The lowest BCUT2D eigenvalue weighted by Gasteiger charge is -2.15. The molecule has 1 saturated heterocycles. The molecule has 5 nitrogen and oxygen atoms in total. The van der Waals surface area contributed by atoms with Crippen molar-refractivity contribution >= 4 is 17.3 Å². The number of nitrogens with two attached hydrogens (primary N) is 1. The van der Waals surface area contributed by atoms with Gasteiger partial charge in [0, 0.05) is 6.61 Å². The van der Waals surface area contributed by atoms with Gasteiger partial charge in [-0.3, -0.25) is 0 Å². The highest BCUT2D eigenvalue weighted by atomic mass is 16.5. The molecule has 92 valence electrons. The summed E-state index contributed by atoms with van der Waals surface area (Å²) >= 11 is 0. The normalized spacial score (nSPS) is 19.0. The Morgan fingerprint density at radius 1 is 1.59 bits per heavy atom. The third kappa shape index (κ3) is 2.50. The maximum atomic E-state index is 11.5. The van der Waals surface area contributed by atoms with E-state index in [9.17, 15) is 4.79 Å². The molecule has 1 atom stereocenters. The van der Waals surface area contributed by atoms with Crippen LogP contribution in [0.5, 0.6) is 0 Å². The van der Waals surface area contributed by atoms with Crippen molar-refractivity contribution < 1.29 is 14.3 Å². The number of carbonyl (C=O) groups excluding carboxylic acids is 1. The van der Waals surface area contributed by atoms with E-state index in [1.54, 1.807) is 12.1 Å². The summed E-state index contributed by atoms with van der Waals surface area (Å²) in [6.45, 7) is 1.43. The van der Waals surface area contributed by atoms with Gasteiger partial charge in [0.2, 0.25) is 0 Å². The van der Waals surface area contributed by atoms with E-state index in [-0.39, 0.29) is 6.04 Å². The topological polar surface area (TPSA) is 73.6 Å². The molecule has 3 N–H and O–H groups in total. The Kier molecular flexibility index (Phi) is 3.49. The number of para-hydroxylation sites is 1. The molecule has 0 radical (unpaired) electrons. The van der Waals surface area contributed by atoms with Gasteiger partial charge in [-0.1, -0.05) is 6.07 Å². The van der Waals surface area contributed by atoms with E-state index >= 15 is 0 Å². The van der Waals surface area contributed by atoms with Gasteiger partial charge in [0.05, 0.1) is 36.7 Å². The van der Waals surface area contributed by atoms with Crippen LogP contribution in [0.2, 0.25) is 0 Å². The number of esters is 1. The zero-order chi connectivity index (χ0) is 12.3. The molecule has 0 aromatic heterocycles. The summed E-state index contributed by atoms with van der Waals surface area (Å²) in [5.41, 5.74) is 7.49. The number of rotatable bonds is 3. The minimum Gasteiger partial charge on any atom is -0.465 e. The van der Waals surface area contributed by atoms with Crippen LogP contribution in [-0.2, 0) is 9.47 Å². The summed E-state index contributed by atoms with van der Waals surface area (Å²) in [6.07, 6.45) is 0.946. The zero-order valence-electron chi connectivity index (χ0n) is 9.73. The first-order valence-electron chi connectivity index (χ1n) is 5.53. The smallest absolute Gasteiger partial charge is 0.340 e. The van der Waals surface area contributed by atoms with Crippen molar-refractivity contribution in [1.29, 1.82) is 0 Å². The molecule has 2 rings (SSSR count). The second-order valence-electron chi connectivity index (χ2n) is 3.96. The SMILES string of the molecule is COC(=O)c1cccc(NC2CCOC2)c1N. The maximum Gasteiger partial charge on any atom is 0.340 e. The number of nitrogens with one attached hydrogen (secondary N) is 1. The van der Waals surface area contributed by atoms with Gasteiger partial charge in [-0.25, -0.2) is 4.79 Å². The van der Waals surface area contributed by atoms with Crippen LogP contribution in [-0.4, -0.2) is 32.3 Å². The molecule has 1 fully saturated rings. The first kappa shape index (κ1) is 11.7. The molecule has 1 aliphatic heterocycles. The fraction of sp³-hybridized carbons (Fsp3) is 0.417. The maximum absolute atomic E-state index is 11.5. The van der Waals surface area contributed by atoms with Gasteiger partial charge < -0.3 is 20.5 Å². The Labute approximate surface area is 99.9 Å². The molecule has 1 aliphatic rings. The number of nitrogen functional groups attached to an aromatic ring is 1. The van der Waals surface area contributed by atoms with Crippen LogP contribution in [0.1, 0.15) is 16.8 Å². The first-order chi connectivity index (χ1) is 8.22. The summed E-state index contributed by atoms with van der Waals surface area (Å²) in [4.78, 5) is 11.5. The Morgan fingerprint density at radius 3 is 3.06 bits per heavy atom. The minimum absolute atomic E-state index is 0.255. The molecule has 1 aromatic carbocycles. The van der Waals surface area contributed by atoms with Crippen LogP contribution >= 0.6 is 0 Å². The van der Waals surface area contributed by atoms with Crippen LogP contribution in [0.3, 0.4) is 0 Å².